The van der Waals surface area contributed by atoms with Gasteiger partial charge in [-0.1, -0.05) is 45.1 Å². The molecule has 0 bridgehead atoms. The summed E-state index contributed by atoms with van der Waals surface area (Å²) in [5.41, 5.74) is 0. The molecule has 0 fully saturated rings. The van der Waals surface area contributed by atoms with Crippen LogP contribution in [0.2, 0.25) is 0 Å². The Labute approximate surface area is 149 Å². The van der Waals surface area contributed by atoms with E-state index >= 15 is 0 Å². The Morgan fingerprint density at radius 1 is 1.00 bits per heavy atom. The van der Waals surface area contributed by atoms with Crippen LogP contribution in [-0.4, -0.2) is 26.3 Å². The van der Waals surface area contributed by atoms with Crippen molar-refractivity contribution in [2.45, 2.75) is 83.7 Å². The van der Waals surface area contributed by atoms with Gasteiger partial charge in [-0.15, -0.1) is 18.4 Å². The van der Waals surface area contributed by atoms with E-state index in [0.717, 1.165) is 18.8 Å². The SMILES string of the molecule is C=CCCCCC(C)CCCCCC#CCCC(OC)C(=O)OC. The van der Waals surface area contributed by atoms with E-state index in [-0.39, 0.29) is 5.97 Å². The molecule has 3 heteroatoms. The molecule has 0 aromatic rings. The molecular formula is C21H36O3. The first-order valence-corrected chi connectivity index (χ1v) is 9.32. The summed E-state index contributed by atoms with van der Waals surface area (Å²) in [6.45, 7) is 6.12. The summed E-state index contributed by atoms with van der Waals surface area (Å²) in [5, 5.41) is 0. The molecule has 0 spiro atoms. The molecule has 0 aromatic heterocycles. The van der Waals surface area contributed by atoms with Crippen LogP contribution in [0.25, 0.3) is 0 Å². The lowest BCUT2D eigenvalue weighted by atomic mass is 9.96. The molecule has 2 atom stereocenters. The maximum Gasteiger partial charge on any atom is 0.334 e. The highest BCUT2D eigenvalue weighted by molar-refractivity contribution is 5.74. The Morgan fingerprint density at radius 3 is 2.29 bits per heavy atom. The summed E-state index contributed by atoms with van der Waals surface area (Å²) in [5.74, 6) is 6.83. The number of carbonyl (C=O) groups is 1. The van der Waals surface area contributed by atoms with Gasteiger partial charge in [-0.25, -0.2) is 4.79 Å². The van der Waals surface area contributed by atoms with E-state index < -0.39 is 6.10 Å². The quantitative estimate of drug-likeness (QED) is 0.187. The number of methoxy groups -OCH3 is 2. The molecule has 0 heterocycles. The smallest absolute Gasteiger partial charge is 0.334 e. The molecule has 0 aliphatic rings. The fraction of sp³-hybridized carbons (Fsp3) is 0.762. The number of allylic oxidation sites excluding steroid dienone is 1. The Balaban J connectivity index is 3.53. The molecule has 2 unspecified atom stereocenters. The third kappa shape index (κ3) is 13.2. The van der Waals surface area contributed by atoms with Gasteiger partial charge < -0.3 is 9.47 Å². The zero-order valence-corrected chi connectivity index (χ0v) is 15.9. The number of unbranched alkanes of at least 4 members (excludes halogenated alkanes) is 5. The number of hydrogen-bond donors (Lipinski definition) is 0. The Morgan fingerprint density at radius 2 is 1.67 bits per heavy atom. The maximum atomic E-state index is 11.3. The fourth-order valence-corrected chi connectivity index (χ4v) is 2.65. The van der Waals surface area contributed by atoms with Gasteiger partial charge in [-0.05, 0) is 31.6 Å². The summed E-state index contributed by atoms with van der Waals surface area (Å²) in [6.07, 6.45) is 13.9. The first kappa shape index (κ1) is 22.7. The highest BCUT2D eigenvalue weighted by Gasteiger charge is 2.16. The number of carbonyl (C=O) groups excluding carboxylic acids is 1. The van der Waals surface area contributed by atoms with Crippen LogP contribution in [0.5, 0.6) is 0 Å². The number of esters is 1. The van der Waals surface area contributed by atoms with Crippen molar-refractivity contribution in [3.63, 3.8) is 0 Å². The van der Waals surface area contributed by atoms with Crippen LogP contribution in [0.4, 0.5) is 0 Å². The molecule has 138 valence electrons. The fourth-order valence-electron chi connectivity index (χ4n) is 2.65. The van der Waals surface area contributed by atoms with E-state index in [4.69, 9.17) is 4.74 Å². The average Bonchev–Trinajstić information content (AvgIpc) is 2.60. The average molecular weight is 337 g/mol. The van der Waals surface area contributed by atoms with Crippen molar-refractivity contribution in [3.8, 4) is 11.8 Å². The van der Waals surface area contributed by atoms with Crippen LogP contribution in [0, 0.1) is 17.8 Å². The zero-order valence-electron chi connectivity index (χ0n) is 15.9. The maximum absolute atomic E-state index is 11.3. The molecule has 0 aliphatic heterocycles. The summed E-state index contributed by atoms with van der Waals surface area (Å²) in [6, 6.07) is 0. The molecule has 0 aromatic carbocycles. The van der Waals surface area contributed by atoms with Crippen molar-refractivity contribution in [1.82, 2.24) is 0 Å². The lowest BCUT2D eigenvalue weighted by Gasteiger charge is -2.10. The minimum Gasteiger partial charge on any atom is -0.467 e. The van der Waals surface area contributed by atoms with Gasteiger partial charge in [0.1, 0.15) is 0 Å². The first-order chi connectivity index (χ1) is 11.7. The summed E-state index contributed by atoms with van der Waals surface area (Å²) in [4.78, 5) is 11.3. The van der Waals surface area contributed by atoms with Crippen molar-refractivity contribution in [2.24, 2.45) is 5.92 Å². The molecule has 0 radical (unpaired) electrons. The minimum atomic E-state index is -0.489. The third-order valence-corrected chi connectivity index (χ3v) is 4.26. The zero-order chi connectivity index (χ0) is 18.0. The number of rotatable bonds is 14. The van der Waals surface area contributed by atoms with E-state index in [1.54, 1.807) is 0 Å². The van der Waals surface area contributed by atoms with Crippen LogP contribution in [0.3, 0.4) is 0 Å². The van der Waals surface area contributed by atoms with Gasteiger partial charge in [0.05, 0.1) is 7.11 Å². The van der Waals surface area contributed by atoms with Crippen molar-refractivity contribution in [1.29, 1.82) is 0 Å². The van der Waals surface area contributed by atoms with Crippen molar-refractivity contribution >= 4 is 5.97 Å². The van der Waals surface area contributed by atoms with Gasteiger partial charge in [0.2, 0.25) is 0 Å². The Kier molecular flexibility index (Phi) is 15.7. The lowest BCUT2D eigenvalue weighted by molar-refractivity contribution is -0.152. The van der Waals surface area contributed by atoms with E-state index in [1.165, 1.54) is 59.2 Å². The molecule has 3 nitrogen and oxygen atoms in total. The van der Waals surface area contributed by atoms with Gasteiger partial charge in [0, 0.05) is 20.0 Å². The van der Waals surface area contributed by atoms with Crippen LogP contribution in [0.1, 0.15) is 77.6 Å². The van der Waals surface area contributed by atoms with Crippen molar-refractivity contribution in [2.75, 3.05) is 14.2 Å². The van der Waals surface area contributed by atoms with Gasteiger partial charge in [-0.2, -0.15) is 0 Å². The van der Waals surface area contributed by atoms with Gasteiger partial charge in [-0.3, -0.25) is 0 Å². The van der Waals surface area contributed by atoms with E-state index in [0.29, 0.717) is 12.8 Å². The summed E-state index contributed by atoms with van der Waals surface area (Å²) < 4.78 is 9.74. The molecule has 0 N–H and O–H groups in total. The van der Waals surface area contributed by atoms with Crippen LogP contribution < -0.4 is 0 Å². The summed E-state index contributed by atoms with van der Waals surface area (Å²) in [7, 11) is 2.90. The predicted octanol–water partition coefficient (Wildman–Crippen LogP) is 5.29. The predicted molar refractivity (Wildman–Crippen MR) is 101 cm³/mol. The van der Waals surface area contributed by atoms with E-state index in [9.17, 15) is 4.79 Å². The lowest BCUT2D eigenvalue weighted by Crippen LogP contribution is -2.23. The Bertz CT molecular complexity index is 378. The van der Waals surface area contributed by atoms with Crippen LogP contribution in [0.15, 0.2) is 12.7 Å². The van der Waals surface area contributed by atoms with Gasteiger partial charge in [0.25, 0.3) is 0 Å². The highest BCUT2D eigenvalue weighted by atomic mass is 16.6. The van der Waals surface area contributed by atoms with Gasteiger partial charge >= 0.3 is 5.97 Å². The Hall–Kier alpha value is -1.27. The van der Waals surface area contributed by atoms with E-state index in [2.05, 4.69) is 30.1 Å². The summed E-state index contributed by atoms with van der Waals surface area (Å²) >= 11 is 0. The molecule has 24 heavy (non-hydrogen) atoms. The standard InChI is InChI=1S/C21H36O3/c1-5-6-7-13-16-19(2)17-14-11-9-8-10-12-15-18-20(23-3)21(22)24-4/h5,19-20H,1,6-9,11,13-18H2,2-4H3. The van der Waals surface area contributed by atoms with E-state index in [1.807, 2.05) is 6.08 Å². The monoisotopic (exact) mass is 336 g/mol. The van der Waals surface area contributed by atoms with Crippen LogP contribution >= 0.6 is 0 Å². The molecule has 0 aliphatic carbocycles. The van der Waals surface area contributed by atoms with Crippen molar-refractivity contribution < 1.29 is 14.3 Å². The number of hydrogen-bond acceptors (Lipinski definition) is 3. The molecular weight excluding hydrogens is 300 g/mol. The topological polar surface area (TPSA) is 35.5 Å². The van der Waals surface area contributed by atoms with Crippen molar-refractivity contribution in [3.05, 3.63) is 12.7 Å². The molecule has 0 saturated carbocycles. The highest BCUT2D eigenvalue weighted by Crippen LogP contribution is 2.17. The molecule has 0 rings (SSSR count). The molecule has 0 saturated heterocycles. The first-order valence-electron chi connectivity index (χ1n) is 9.32. The largest absolute Gasteiger partial charge is 0.467 e. The normalized spacial score (nSPS) is 12.8. The second-order valence-corrected chi connectivity index (χ2v) is 6.42. The minimum absolute atomic E-state index is 0.321. The van der Waals surface area contributed by atoms with Gasteiger partial charge in [0.15, 0.2) is 6.10 Å². The second-order valence-electron chi connectivity index (χ2n) is 6.42. The molecule has 0 amide bonds. The second kappa shape index (κ2) is 16.6. The third-order valence-electron chi connectivity index (χ3n) is 4.26. The number of ether oxygens (including phenoxy) is 2. The van der Waals surface area contributed by atoms with Crippen LogP contribution in [-0.2, 0) is 14.3 Å².